The molecule has 1 unspecified atom stereocenters. The Morgan fingerprint density at radius 1 is 1.21 bits per heavy atom. The summed E-state index contributed by atoms with van der Waals surface area (Å²) >= 11 is 0. The first kappa shape index (κ1) is 15.4. The minimum atomic E-state index is -0.902. The van der Waals surface area contributed by atoms with Gasteiger partial charge >= 0.3 is 5.97 Å². The fraction of sp³-hybridized carbons (Fsp3) is 0.467. The SMILES string of the molecule is CC(=O)C(C(C)C)[C@H](N)C(=O)OCc1ccccc1. The zero-order valence-electron chi connectivity index (χ0n) is 11.6. The molecule has 0 aromatic heterocycles. The van der Waals surface area contributed by atoms with Crippen molar-refractivity contribution in [1.82, 2.24) is 0 Å². The molecule has 0 saturated carbocycles. The smallest absolute Gasteiger partial charge is 0.324 e. The first-order valence-corrected chi connectivity index (χ1v) is 6.40. The van der Waals surface area contributed by atoms with Gasteiger partial charge in [0.2, 0.25) is 0 Å². The Morgan fingerprint density at radius 3 is 2.26 bits per heavy atom. The van der Waals surface area contributed by atoms with Gasteiger partial charge in [-0.2, -0.15) is 0 Å². The Bertz CT molecular complexity index is 428. The zero-order valence-corrected chi connectivity index (χ0v) is 11.6. The zero-order chi connectivity index (χ0) is 14.4. The predicted octanol–water partition coefficient (Wildman–Crippen LogP) is 1.92. The van der Waals surface area contributed by atoms with E-state index in [1.54, 1.807) is 0 Å². The number of carbonyl (C=O) groups excluding carboxylic acids is 2. The lowest BCUT2D eigenvalue weighted by molar-refractivity contribution is -0.150. The third-order valence-electron chi connectivity index (χ3n) is 3.07. The number of ether oxygens (including phenoxy) is 1. The van der Waals surface area contributed by atoms with Crippen LogP contribution in [-0.4, -0.2) is 17.8 Å². The van der Waals surface area contributed by atoms with E-state index in [0.717, 1.165) is 5.56 Å². The van der Waals surface area contributed by atoms with Crippen LogP contribution in [0.5, 0.6) is 0 Å². The summed E-state index contributed by atoms with van der Waals surface area (Å²) in [6.07, 6.45) is 0. The molecule has 0 aliphatic carbocycles. The molecular weight excluding hydrogens is 242 g/mol. The fourth-order valence-electron chi connectivity index (χ4n) is 2.11. The molecule has 0 heterocycles. The van der Waals surface area contributed by atoms with Gasteiger partial charge < -0.3 is 10.5 Å². The summed E-state index contributed by atoms with van der Waals surface area (Å²) in [4.78, 5) is 23.4. The highest BCUT2D eigenvalue weighted by molar-refractivity contribution is 5.87. The van der Waals surface area contributed by atoms with Crippen molar-refractivity contribution in [2.24, 2.45) is 17.6 Å². The molecule has 0 aliphatic rings. The second-order valence-corrected chi connectivity index (χ2v) is 5.00. The third-order valence-corrected chi connectivity index (χ3v) is 3.07. The van der Waals surface area contributed by atoms with Gasteiger partial charge in [0.15, 0.2) is 0 Å². The lowest BCUT2D eigenvalue weighted by atomic mass is 9.86. The van der Waals surface area contributed by atoms with Crippen LogP contribution in [0.2, 0.25) is 0 Å². The minimum Gasteiger partial charge on any atom is -0.460 e. The van der Waals surface area contributed by atoms with Gasteiger partial charge in [0.05, 0.1) is 0 Å². The van der Waals surface area contributed by atoms with Gasteiger partial charge in [-0.3, -0.25) is 9.59 Å². The summed E-state index contributed by atoms with van der Waals surface area (Å²) in [7, 11) is 0. The molecule has 0 aliphatic heterocycles. The predicted molar refractivity (Wildman–Crippen MR) is 73.2 cm³/mol. The molecule has 1 rings (SSSR count). The normalized spacial score (nSPS) is 13.9. The van der Waals surface area contributed by atoms with E-state index >= 15 is 0 Å². The molecule has 4 heteroatoms. The molecular formula is C15H21NO3. The quantitative estimate of drug-likeness (QED) is 0.796. The van der Waals surface area contributed by atoms with Gasteiger partial charge in [0.25, 0.3) is 0 Å². The molecule has 0 saturated heterocycles. The Morgan fingerprint density at radius 2 is 1.79 bits per heavy atom. The van der Waals surface area contributed by atoms with Gasteiger partial charge in [-0.1, -0.05) is 44.2 Å². The van der Waals surface area contributed by atoms with Gasteiger partial charge in [0, 0.05) is 5.92 Å². The van der Waals surface area contributed by atoms with Crippen LogP contribution in [-0.2, 0) is 20.9 Å². The van der Waals surface area contributed by atoms with Crippen LogP contribution < -0.4 is 5.73 Å². The number of carbonyl (C=O) groups is 2. The lowest BCUT2D eigenvalue weighted by Crippen LogP contribution is -2.44. The Kier molecular flexibility index (Phi) is 5.70. The fourth-order valence-corrected chi connectivity index (χ4v) is 2.11. The standard InChI is InChI=1S/C15H21NO3/c1-10(2)13(11(3)17)14(16)15(18)19-9-12-7-5-4-6-8-12/h4-8,10,13-14H,9,16H2,1-3H3/t13?,14-/m0/s1. The van der Waals surface area contributed by atoms with Crippen LogP contribution in [0.3, 0.4) is 0 Å². The summed E-state index contributed by atoms with van der Waals surface area (Å²) in [6.45, 7) is 5.37. The number of hydrogen-bond donors (Lipinski definition) is 1. The van der Waals surface area contributed by atoms with E-state index in [0.29, 0.717) is 0 Å². The highest BCUT2D eigenvalue weighted by atomic mass is 16.5. The summed E-state index contributed by atoms with van der Waals surface area (Å²) < 4.78 is 5.16. The second-order valence-electron chi connectivity index (χ2n) is 5.00. The summed E-state index contributed by atoms with van der Waals surface area (Å²) in [5.74, 6) is -1.10. The summed E-state index contributed by atoms with van der Waals surface area (Å²) in [6, 6.07) is 8.46. The molecule has 4 nitrogen and oxygen atoms in total. The van der Waals surface area contributed by atoms with E-state index in [1.807, 2.05) is 44.2 Å². The van der Waals surface area contributed by atoms with Crippen molar-refractivity contribution in [3.05, 3.63) is 35.9 Å². The number of benzene rings is 1. The van der Waals surface area contributed by atoms with E-state index in [-0.39, 0.29) is 18.3 Å². The number of Topliss-reactive ketones (excluding diaryl/α,β-unsaturated/α-hetero) is 1. The van der Waals surface area contributed by atoms with Crippen molar-refractivity contribution in [1.29, 1.82) is 0 Å². The molecule has 2 atom stereocenters. The van der Waals surface area contributed by atoms with E-state index in [4.69, 9.17) is 10.5 Å². The molecule has 0 radical (unpaired) electrons. The average molecular weight is 263 g/mol. The van der Waals surface area contributed by atoms with Crippen LogP contribution in [0.1, 0.15) is 26.3 Å². The second kappa shape index (κ2) is 7.04. The molecule has 1 aromatic rings. The van der Waals surface area contributed by atoms with Gasteiger partial charge in [0.1, 0.15) is 18.4 Å². The molecule has 0 spiro atoms. The number of hydrogen-bond acceptors (Lipinski definition) is 4. The van der Waals surface area contributed by atoms with Crippen LogP contribution in [0.25, 0.3) is 0 Å². The van der Waals surface area contributed by atoms with E-state index in [9.17, 15) is 9.59 Å². The molecule has 0 amide bonds. The van der Waals surface area contributed by atoms with Crippen molar-refractivity contribution < 1.29 is 14.3 Å². The first-order valence-electron chi connectivity index (χ1n) is 6.40. The van der Waals surface area contributed by atoms with Crippen molar-refractivity contribution in [3.8, 4) is 0 Å². The van der Waals surface area contributed by atoms with Crippen LogP contribution in [0.15, 0.2) is 30.3 Å². The summed E-state index contributed by atoms with van der Waals surface area (Å²) in [5, 5.41) is 0. The van der Waals surface area contributed by atoms with Gasteiger partial charge in [-0.05, 0) is 18.4 Å². The topological polar surface area (TPSA) is 69.4 Å². The number of esters is 1. The molecule has 19 heavy (non-hydrogen) atoms. The Hall–Kier alpha value is -1.68. The maximum absolute atomic E-state index is 11.9. The van der Waals surface area contributed by atoms with Crippen LogP contribution in [0.4, 0.5) is 0 Å². The molecule has 0 bridgehead atoms. The van der Waals surface area contributed by atoms with Gasteiger partial charge in [-0.25, -0.2) is 0 Å². The van der Waals surface area contributed by atoms with Crippen molar-refractivity contribution in [2.45, 2.75) is 33.4 Å². The third kappa shape index (κ3) is 4.48. The van der Waals surface area contributed by atoms with Crippen LogP contribution >= 0.6 is 0 Å². The average Bonchev–Trinajstić information content (AvgIpc) is 2.36. The molecule has 1 aromatic carbocycles. The maximum Gasteiger partial charge on any atom is 0.324 e. The minimum absolute atomic E-state index is 0.0109. The lowest BCUT2D eigenvalue weighted by Gasteiger charge is -2.23. The Labute approximate surface area is 113 Å². The maximum atomic E-state index is 11.9. The van der Waals surface area contributed by atoms with E-state index in [2.05, 4.69) is 0 Å². The van der Waals surface area contributed by atoms with Crippen molar-refractivity contribution >= 4 is 11.8 Å². The highest BCUT2D eigenvalue weighted by Gasteiger charge is 2.31. The Balaban J connectivity index is 2.59. The molecule has 2 N–H and O–H groups in total. The van der Waals surface area contributed by atoms with Gasteiger partial charge in [-0.15, -0.1) is 0 Å². The number of nitrogens with two attached hydrogens (primary N) is 1. The number of ketones is 1. The van der Waals surface area contributed by atoms with Crippen LogP contribution in [0, 0.1) is 11.8 Å². The van der Waals surface area contributed by atoms with Crippen molar-refractivity contribution in [3.63, 3.8) is 0 Å². The number of rotatable bonds is 6. The highest BCUT2D eigenvalue weighted by Crippen LogP contribution is 2.17. The molecule has 0 fully saturated rings. The van der Waals surface area contributed by atoms with E-state index < -0.39 is 17.9 Å². The van der Waals surface area contributed by atoms with E-state index in [1.165, 1.54) is 6.92 Å². The molecule has 104 valence electrons. The van der Waals surface area contributed by atoms with Crippen molar-refractivity contribution in [2.75, 3.05) is 0 Å². The largest absolute Gasteiger partial charge is 0.460 e. The monoisotopic (exact) mass is 263 g/mol. The summed E-state index contributed by atoms with van der Waals surface area (Å²) in [5.41, 5.74) is 6.73. The first-order chi connectivity index (χ1) is 8.93.